The molecule has 0 saturated carbocycles. The van der Waals surface area contributed by atoms with E-state index >= 15 is 0 Å². The van der Waals surface area contributed by atoms with E-state index in [4.69, 9.17) is 20.9 Å². The van der Waals surface area contributed by atoms with Crippen LogP contribution in [-0.2, 0) is 17.8 Å². The normalized spacial score (nSPS) is 13.4. The van der Waals surface area contributed by atoms with Gasteiger partial charge in [0.2, 0.25) is 5.76 Å². The summed E-state index contributed by atoms with van der Waals surface area (Å²) in [6, 6.07) is 10.1. The fourth-order valence-electron chi connectivity index (χ4n) is 4.38. The Hall–Kier alpha value is -4.11. The Kier molecular flexibility index (Phi) is 7.78. The van der Waals surface area contributed by atoms with Crippen molar-refractivity contribution < 1.29 is 18.8 Å². The lowest BCUT2D eigenvalue weighted by atomic mass is 10.2. The van der Waals surface area contributed by atoms with Gasteiger partial charge in [-0.05, 0) is 18.2 Å². The molecule has 6 rings (SSSR count). The van der Waals surface area contributed by atoms with Crippen LogP contribution >= 0.6 is 34.3 Å². The van der Waals surface area contributed by atoms with Crippen molar-refractivity contribution in [1.29, 1.82) is 0 Å². The van der Waals surface area contributed by atoms with Crippen molar-refractivity contribution in [3.8, 4) is 11.4 Å². The lowest BCUT2D eigenvalue weighted by Gasteiger charge is -2.29. The SMILES string of the molecule is O=C(Cn1c(-c2cc(NCc3ccc(Cl)s3)n(C(=O)c3ccno3)n2)cc(N2CCOCC2)cc1=O)c1cncs1. The summed E-state index contributed by atoms with van der Waals surface area (Å²) in [5, 5.41) is 11.4. The van der Waals surface area contributed by atoms with Crippen LogP contribution in [-0.4, -0.2) is 62.5 Å². The van der Waals surface area contributed by atoms with Crippen molar-refractivity contribution in [2.24, 2.45) is 0 Å². The molecule has 0 atom stereocenters. The minimum Gasteiger partial charge on any atom is -0.378 e. The molecule has 12 nitrogen and oxygen atoms in total. The van der Waals surface area contributed by atoms with E-state index < -0.39 is 5.91 Å². The second kappa shape index (κ2) is 11.8. The first-order valence-electron chi connectivity index (χ1n) is 12.5. The number of hydrogen-bond acceptors (Lipinski definition) is 12. The molecular weight excluding hydrogens is 590 g/mol. The number of rotatable bonds is 9. The number of thiazole rings is 1. The maximum absolute atomic E-state index is 13.5. The van der Waals surface area contributed by atoms with Gasteiger partial charge in [-0.2, -0.15) is 9.78 Å². The highest BCUT2D eigenvalue weighted by Gasteiger charge is 2.24. The van der Waals surface area contributed by atoms with Crippen LogP contribution in [0.1, 0.15) is 25.1 Å². The average molecular weight is 612 g/mol. The third-order valence-corrected chi connectivity index (χ3v) is 8.43. The molecule has 1 saturated heterocycles. The highest BCUT2D eigenvalue weighted by molar-refractivity contribution is 7.16. The fraction of sp³-hybridized carbons (Fsp3) is 0.231. The van der Waals surface area contributed by atoms with Gasteiger partial charge in [0, 0.05) is 48.0 Å². The van der Waals surface area contributed by atoms with E-state index in [9.17, 15) is 14.4 Å². The van der Waals surface area contributed by atoms with Gasteiger partial charge in [-0.25, -0.2) is 0 Å². The molecule has 1 aliphatic heterocycles. The third kappa shape index (κ3) is 5.86. The summed E-state index contributed by atoms with van der Waals surface area (Å²) in [7, 11) is 0. The molecule has 0 aliphatic carbocycles. The van der Waals surface area contributed by atoms with Crippen LogP contribution in [0.3, 0.4) is 0 Å². The van der Waals surface area contributed by atoms with E-state index in [-0.39, 0.29) is 23.6 Å². The van der Waals surface area contributed by atoms with Crippen LogP contribution in [0, 0.1) is 0 Å². The van der Waals surface area contributed by atoms with Gasteiger partial charge < -0.3 is 19.5 Å². The second-order valence-electron chi connectivity index (χ2n) is 8.98. The van der Waals surface area contributed by atoms with E-state index in [1.165, 1.54) is 51.8 Å². The number of thiophene rings is 1. The van der Waals surface area contributed by atoms with Gasteiger partial charge in [0.1, 0.15) is 11.5 Å². The summed E-state index contributed by atoms with van der Waals surface area (Å²) in [5.41, 5.74) is 2.56. The Labute approximate surface area is 245 Å². The number of carbonyl (C=O) groups is 2. The molecule has 41 heavy (non-hydrogen) atoms. The van der Waals surface area contributed by atoms with Crippen molar-refractivity contribution in [3.05, 3.63) is 84.5 Å². The largest absolute Gasteiger partial charge is 0.378 e. The second-order valence-corrected chi connectivity index (χ2v) is 11.7. The molecule has 6 heterocycles. The lowest BCUT2D eigenvalue weighted by Crippen LogP contribution is -2.37. The Morgan fingerprint density at radius 2 is 1.98 bits per heavy atom. The van der Waals surface area contributed by atoms with Gasteiger partial charge in [0.25, 0.3) is 5.56 Å². The van der Waals surface area contributed by atoms with E-state index in [2.05, 4.69) is 20.6 Å². The number of ether oxygens (including phenoxy) is 1. The number of pyridine rings is 1. The number of nitrogens with one attached hydrogen (secondary N) is 1. The number of aromatic nitrogens is 5. The quantitative estimate of drug-likeness (QED) is 0.244. The van der Waals surface area contributed by atoms with Crippen molar-refractivity contribution in [3.63, 3.8) is 0 Å². The molecule has 5 aromatic rings. The van der Waals surface area contributed by atoms with Crippen molar-refractivity contribution in [2.45, 2.75) is 13.1 Å². The Morgan fingerprint density at radius 1 is 1.12 bits per heavy atom. The summed E-state index contributed by atoms with van der Waals surface area (Å²) < 4.78 is 13.7. The van der Waals surface area contributed by atoms with E-state index in [1.807, 2.05) is 11.0 Å². The molecule has 1 N–H and O–H groups in total. The van der Waals surface area contributed by atoms with Crippen LogP contribution < -0.4 is 15.8 Å². The standard InChI is InChI=1S/C26H22ClN7O5S2/c27-23-2-1-17(41-23)12-29-24-11-18(31-34(24)26(37)21-3-4-30-39-21)19-9-16(32-5-7-38-8-6-32)10-25(36)33(19)14-20(35)22-13-28-15-40-22/h1-4,9-11,13,15,29H,5-8,12,14H2. The number of carbonyl (C=O) groups excluding carboxylic acids is 2. The van der Waals surface area contributed by atoms with Crippen LogP contribution in [0.5, 0.6) is 0 Å². The zero-order valence-corrected chi connectivity index (χ0v) is 23.7. The monoisotopic (exact) mass is 611 g/mol. The van der Waals surface area contributed by atoms with E-state index in [0.29, 0.717) is 65.0 Å². The molecule has 0 spiro atoms. The highest BCUT2D eigenvalue weighted by Crippen LogP contribution is 2.28. The third-order valence-electron chi connectivity index (χ3n) is 6.38. The van der Waals surface area contributed by atoms with Crippen molar-refractivity contribution in [1.82, 2.24) is 24.5 Å². The first-order valence-corrected chi connectivity index (χ1v) is 14.6. The Balaban J connectivity index is 1.44. The minimum atomic E-state index is -0.556. The number of anilines is 2. The zero-order valence-electron chi connectivity index (χ0n) is 21.4. The molecule has 0 unspecified atom stereocenters. The number of nitrogens with zero attached hydrogens (tertiary/aromatic N) is 6. The van der Waals surface area contributed by atoms with E-state index in [0.717, 1.165) is 9.56 Å². The van der Waals surface area contributed by atoms with Gasteiger partial charge in [0.05, 0.1) is 52.9 Å². The molecule has 15 heteroatoms. The molecule has 1 fully saturated rings. The predicted octanol–water partition coefficient (Wildman–Crippen LogP) is 3.89. The smallest absolute Gasteiger partial charge is 0.318 e. The van der Waals surface area contributed by atoms with E-state index in [1.54, 1.807) is 23.7 Å². The Bertz CT molecular complexity index is 1740. The molecule has 1 aliphatic rings. The van der Waals surface area contributed by atoms with Gasteiger partial charge >= 0.3 is 5.91 Å². The average Bonchev–Trinajstić information content (AvgIpc) is 3.80. The number of hydrogen-bond donors (Lipinski definition) is 1. The molecule has 0 amide bonds. The van der Waals surface area contributed by atoms with Gasteiger partial charge in [-0.15, -0.1) is 22.7 Å². The maximum atomic E-state index is 13.5. The van der Waals surface area contributed by atoms with Gasteiger partial charge in [-0.1, -0.05) is 16.8 Å². The fourth-order valence-corrected chi connectivity index (χ4v) is 5.96. The Morgan fingerprint density at radius 3 is 2.68 bits per heavy atom. The summed E-state index contributed by atoms with van der Waals surface area (Å²) >= 11 is 8.70. The molecule has 210 valence electrons. The number of ketones is 1. The molecular formula is C26H22ClN7O5S2. The maximum Gasteiger partial charge on any atom is 0.318 e. The van der Waals surface area contributed by atoms with Crippen LogP contribution in [0.2, 0.25) is 4.34 Å². The van der Waals surface area contributed by atoms with Crippen LogP contribution in [0.15, 0.2) is 63.6 Å². The molecule has 5 aromatic heterocycles. The zero-order chi connectivity index (χ0) is 28.3. The summed E-state index contributed by atoms with van der Waals surface area (Å²) in [5.74, 6) is -0.475. The summed E-state index contributed by atoms with van der Waals surface area (Å²) in [6.07, 6.45) is 2.84. The summed E-state index contributed by atoms with van der Waals surface area (Å²) in [4.78, 5) is 47.3. The van der Waals surface area contributed by atoms with Crippen LogP contribution in [0.25, 0.3) is 11.4 Å². The van der Waals surface area contributed by atoms with Crippen molar-refractivity contribution >= 4 is 57.5 Å². The number of halogens is 1. The molecule has 0 bridgehead atoms. The van der Waals surface area contributed by atoms with Gasteiger partial charge in [0.15, 0.2) is 5.78 Å². The topological polar surface area (TPSA) is 137 Å². The number of morpholine rings is 1. The van der Waals surface area contributed by atoms with Gasteiger partial charge in [-0.3, -0.25) is 23.9 Å². The first-order chi connectivity index (χ1) is 20.0. The number of Topliss-reactive ketones (excluding diaryl/α,β-unsaturated/α-hetero) is 1. The van der Waals surface area contributed by atoms with Crippen LogP contribution in [0.4, 0.5) is 11.5 Å². The highest BCUT2D eigenvalue weighted by atomic mass is 35.5. The summed E-state index contributed by atoms with van der Waals surface area (Å²) in [6.45, 7) is 2.43. The minimum absolute atomic E-state index is 0.0123. The van der Waals surface area contributed by atoms with Crippen molar-refractivity contribution in [2.75, 3.05) is 36.5 Å². The molecule has 0 radical (unpaired) electrons. The molecule has 0 aromatic carbocycles. The lowest BCUT2D eigenvalue weighted by molar-refractivity contribution is 0.0909. The predicted molar refractivity (Wildman–Crippen MR) is 154 cm³/mol. The first kappa shape index (κ1) is 27.1.